The fraction of sp³-hybridized carbons (Fsp3) is 0.611. The van der Waals surface area contributed by atoms with Crippen LogP contribution in [-0.2, 0) is 4.79 Å². The molecule has 3 saturated heterocycles. The van der Waals surface area contributed by atoms with Crippen molar-refractivity contribution in [2.45, 2.75) is 32.4 Å². The molecule has 3 aliphatic heterocycles. The smallest absolute Gasteiger partial charge is 0.238 e. The van der Waals surface area contributed by atoms with Gasteiger partial charge in [-0.05, 0) is 38.4 Å². The van der Waals surface area contributed by atoms with E-state index in [1.807, 2.05) is 38.1 Å². The minimum absolute atomic E-state index is 0.00286. The first-order valence-corrected chi connectivity index (χ1v) is 8.60. The molecule has 4 atom stereocenters. The lowest BCUT2D eigenvalue weighted by Gasteiger charge is -2.36. The highest BCUT2D eigenvalue weighted by atomic mass is 16.5. The maximum absolute atomic E-state index is 12.5. The lowest BCUT2D eigenvalue weighted by Crippen LogP contribution is -2.57. The Labute approximate surface area is 138 Å². The average Bonchev–Trinajstić information content (AvgIpc) is 2.90. The quantitative estimate of drug-likeness (QED) is 0.888. The van der Waals surface area contributed by atoms with Gasteiger partial charge in [-0.25, -0.2) is 0 Å². The Hall–Kier alpha value is -1.59. The normalized spacial score (nSPS) is 28.0. The van der Waals surface area contributed by atoms with Gasteiger partial charge in [0.2, 0.25) is 5.91 Å². The number of benzene rings is 1. The van der Waals surface area contributed by atoms with Gasteiger partial charge in [0, 0.05) is 26.2 Å². The number of hydrogen-bond donors (Lipinski definition) is 1. The first-order chi connectivity index (χ1) is 11.1. The van der Waals surface area contributed by atoms with Crippen molar-refractivity contribution < 1.29 is 9.53 Å². The van der Waals surface area contributed by atoms with Crippen molar-refractivity contribution in [1.82, 2.24) is 15.1 Å². The summed E-state index contributed by atoms with van der Waals surface area (Å²) >= 11 is 0. The summed E-state index contributed by atoms with van der Waals surface area (Å²) in [5.41, 5.74) is 1.12. The number of amides is 1. The zero-order valence-corrected chi connectivity index (χ0v) is 14.1. The minimum atomic E-state index is -0.0432. The van der Waals surface area contributed by atoms with Crippen LogP contribution >= 0.6 is 0 Å². The van der Waals surface area contributed by atoms with E-state index in [4.69, 9.17) is 4.74 Å². The molecule has 1 aromatic rings. The van der Waals surface area contributed by atoms with E-state index in [1.165, 1.54) is 0 Å². The largest absolute Gasteiger partial charge is 0.489 e. The summed E-state index contributed by atoms with van der Waals surface area (Å²) in [5.74, 6) is 1.02. The van der Waals surface area contributed by atoms with Crippen LogP contribution in [0.3, 0.4) is 0 Å². The van der Waals surface area contributed by atoms with Crippen LogP contribution in [-0.4, -0.2) is 67.1 Å². The number of ether oxygens (including phenoxy) is 1. The summed E-state index contributed by atoms with van der Waals surface area (Å²) in [6, 6.07) is 7.97. The average molecular weight is 317 g/mol. The zero-order chi connectivity index (χ0) is 16.2. The Balaban J connectivity index is 1.50. The second-order valence-electron chi connectivity index (χ2n) is 6.65. The maximum Gasteiger partial charge on any atom is 0.238 e. The number of aryl methyl sites for hydroxylation is 1. The van der Waals surface area contributed by atoms with Gasteiger partial charge < -0.3 is 10.1 Å². The number of hydrogen-bond acceptors (Lipinski definition) is 4. The summed E-state index contributed by atoms with van der Waals surface area (Å²) in [5, 5.41) is 3.07. The molecule has 1 amide bonds. The number of fused-ring (bicyclic) bond motifs is 4. The fourth-order valence-electron chi connectivity index (χ4n) is 3.40. The van der Waals surface area contributed by atoms with E-state index < -0.39 is 0 Å². The van der Waals surface area contributed by atoms with Crippen LogP contribution in [0.15, 0.2) is 24.3 Å². The molecule has 3 fully saturated rings. The van der Waals surface area contributed by atoms with Gasteiger partial charge in [-0.3, -0.25) is 14.6 Å². The number of nitrogens with zero attached hydrogens (tertiary/aromatic N) is 2. The summed E-state index contributed by atoms with van der Waals surface area (Å²) in [6.07, 6.45) is 1.12. The topological polar surface area (TPSA) is 44.8 Å². The van der Waals surface area contributed by atoms with Crippen LogP contribution in [0.1, 0.15) is 18.9 Å². The van der Waals surface area contributed by atoms with E-state index in [0.29, 0.717) is 6.54 Å². The summed E-state index contributed by atoms with van der Waals surface area (Å²) < 4.78 is 5.93. The molecule has 0 saturated carbocycles. The van der Waals surface area contributed by atoms with Crippen LogP contribution in [0.4, 0.5) is 0 Å². The van der Waals surface area contributed by atoms with Crippen molar-refractivity contribution in [3.05, 3.63) is 29.8 Å². The third-order valence-corrected chi connectivity index (χ3v) is 4.78. The second kappa shape index (κ2) is 7.32. The highest BCUT2D eigenvalue weighted by Crippen LogP contribution is 2.18. The molecule has 23 heavy (non-hydrogen) atoms. The Morgan fingerprint density at radius 3 is 2.96 bits per heavy atom. The summed E-state index contributed by atoms with van der Waals surface area (Å²) in [6.45, 7) is 9.68. The Kier molecular flexibility index (Phi) is 5.18. The number of carbonyl (C=O) groups excluding carboxylic acids is 1. The second-order valence-corrected chi connectivity index (χ2v) is 6.65. The molecule has 1 N–H and O–H groups in total. The van der Waals surface area contributed by atoms with Crippen molar-refractivity contribution in [3.63, 3.8) is 0 Å². The van der Waals surface area contributed by atoms with Gasteiger partial charge in [0.05, 0.1) is 6.54 Å². The molecule has 2 unspecified atom stereocenters. The van der Waals surface area contributed by atoms with E-state index in [9.17, 15) is 4.79 Å². The maximum atomic E-state index is 12.5. The highest BCUT2D eigenvalue weighted by Gasteiger charge is 2.34. The van der Waals surface area contributed by atoms with Gasteiger partial charge in [-0.2, -0.15) is 0 Å². The standard InChI is InChI=1S/C18H27N3O2/c1-14-6-3-4-7-17(14)23-15(2)12-19-18(22)16-13-20-8-5-9-21(16)11-10-20/h3-4,6-7,15-16H,5,8-13H2,1-2H3,(H,19,22)/t15-,16-/m1/s1. The monoisotopic (exact) mass is 317 g/mol. The Bertz CT molecular complexity index is 545. The molecule has 0 aliphatic carbocycles. The number of para-hydroxylation sites is 1. The summed E-state index contributed by atoms with van der Waals surface area (Å²) in [4.78, 5) is 17.3. The fourth-order valence-corrected chi connectivity index (χ4v) is 3.40. The molecule has 2 bridgehead atoms. The number of rotatable bonds is 5. The van der Waals surface area contributed by atoms with E-state index in [1.54, 1.807) is 0 Å². The van der Waals surface area contributed by atoms with Crippen molar-refractivity contribution >= 4 is 5.91 Å². The van der Waals surface area contributed by atoms with Gasteiger partial charge in [-0.1, -0.05) is 18.2 Å². The molecule has 5 heteroatoms. The Morgan fingerprint density at radius 1 is 1.30 bits per heavy atom. The van der Waals surface area contributed by atoms with Crippen molar-refractivity contribution in [2.24, 2.45) is 0 Å². The van der Waals surface area contributed by atoms with Crippen LogP contribution in [0.5, 0.6) is 5.75 Å². The van der Waals surface area contributed by atoms with Gasteiger partial charge in [-0.15, -0.1) is 0 Å². The third-order valence-electron chi connectivity index (χ3n) is 4.78. The van der Waals surface area contributed by atoms with Crippen molar-refractivity contribution in [2.75, 3.05) is 39.3 Å². The van der Waals surface area contributed by atoms with Gasteiger partial charge in [0.1, 0.15) is 17.9 Å². The molecule has 4 rings (SSSR count). The SMILES string of the molecule is Cc1ccccc1O[C@H](C)CNC(=O)[C@H]1CN2CCCN1CC2. The minimum Gasteiger partial charge on any atom is -0.489 e. The molecular formula is C18H27N3O2. The van der Waals surface area contributed by atoms with Gasteiger partial charge >= 0.3 is 0 Å². The Morgan fingerprint density at radius 2 is 2.13 bits per heavy atom. The lowest BCUT2D eigenvalue weighted by atomic mass is 10.1. The van der Waals surface area contributed by atoms with Gasteiger partial charge in [0.15, 0.2) is 0 Å². The van der Waals surface area contributed by atoms with E-state index in [0.717, 1.165) is 50.5 Å². The number of piperazine rings is 1. The van der Waals surface area contributed by atoms with Crippen LogP contribution in [0.25, 0.3) is 0 Å². The van der Waals surface area contributed by atoms with Crippen molar-refractivity contribution in [3.8, 4) is 5.75 Å². The predicted octanol–water partition coefficient (Wildman–Crippen LogP) is 1.27. The highest BCUT2D eigenvalue weighted by molar-refractivity contribution is 5.82. The predicted molar refractivity (Wildman–Crippen MR) is 90.7 cm³/mol. The number of nitrogens with one attached hydrogen (secondary N) is 1. The lowest BCUT2D eigenvalue weighted by molar-refractivity contribution is -0.128. The molecule has 5 nitrogen and oxygen atoms in total. The van der Waals surface area contributed by atoms with E-state index >= 15 is 0 Å². The molecule has 0 radical (unpaired) electrons. The van der Waals surface area contributed by atoms with Crippen LogP contribution in [0, 0.1) is 6.92 Å². The molecular weight excluding hydrogens is 290 g/mol. The van der Waals surface area contributed by atoms with Crippen molar-refractivity contribution in [1.29, 1.82) is 0 Å². The van der Waals surface area contributed by atoms with Crippen LogP contribution < -0.4 is 10.1 Å². The first kappa shape index (κ1) is 16.3. The summed E-state index contributed by atoms with van der Waals surface area (Å²) in [7, 11) is 0. The molecule has 3 heterocycles. The molecule has 0 spiro atoms. The van der Waals surface area contributed by atoms with Gasteiger partial charge in [0.25, 0.3) is 0 Å². The van der Waals surface area contributed by atoms with E-state index in [2.05, 4.69) is 15.1 Å². The molecule has 126 valence electrons. The zero-order valence-electron chi connectivity index (χ0n) is 14.1. The third kappa shape index (κ3) is 4.03. The number of carbonyl (C=O) groups is 1. The molecule has 0 aromatic heterocycles. The molecule has 3 aliphatic rings. The molecule has 1 aromatic carbocycles. The van der Waals surface area contributed by atoms with E-state index in [-0.39, 0.29) is 18.1 Å². The first-order valence-electron chi connectivity index (χ1n) is 8.60. The van der Waals surface area contributed by atoms with Crippen LogP contribution in [0.2, 0.25) is 0 Å².